The first kappa shape index (κ1) is 12.4. The summed E-state index contributed by atoms with van der Waals surface area (Å²) in [6.07, 6.45) is -2.33. The van der Waals surface area contributed by atoms with Gasteiger partial charge in [-0.15, -0.1) is 0 Å². The Morgan fingerprint density at radius 3 is 1.33 bits per heavy atom. The molecule has 7 radical (unpaired) electrons. The van der Waals surface area contributed by atoms with Gasteiger partial charge in [-0.25, -0.2) is 0 Å². The molecule has 0 heterocycles. The Morgan fingerprint density at radius 1 is 1.33 bits per heavy atom. The third kappa shape index (κ3) is 714. The second kappa shape index (κ2) is 5.53. The van der Waals surface area contributed by atoms with Crippen molar-refractivity contribution < 1.29 is 15.0 Å². The molecule has 0 aromatic rings. The zero-order valence-corrected chi connectivity index (χ0v) is 9.14. The maximum atomic E-state index is 8.33. The van der Waals surface area contributed by atoms with Gasteiger partial charge in [-0.2, -0.15) is 0 Å². The molecule has 0 saturated carbocycles. The Hall–Kier alpha value is 0.747. The summed E-state index contributed by atoms with van der Waals surface area (Å²) in [4.78, 5) is 8.33. The van der Waals surface area contributed by atoms with Crippen LogP contribution in [0.25, 0.3) is 0 Å². The molecule has 0 spiro atoms. The summed E-state index contributed by atoms with van der Waals surface area (Å²) in [5, 5.41) is 16.7. The first-order valence-electron chi connectivity index (χ1n) is 2.47. The molecule has 0 aliphatic heterocycles. The molecule has 49 valence electrons. The minimum Gasteiger partial charge on any atom is -0.652 e. The van der Waals surface area contributed by atoms with Gasteiger partial charge in [0, 0.05) is 0 Å². The second-order valence-corrected chi connectivity index (χ2v) is 17.9. The second-order valence-electron chi connectivity index (χ2n) is 2.81. The number of hydrogen-bond donors (Lipinski definition) is 0. The van der Waals surface area contributed by atoms with Gasteiger partial charge >= 0.3 is 57.6 Å². The van der Waals surface area contributed by atoms with E-state index in [4.69, 9.17) is 15.0 Å². The topological polar surface area (TPSA) is 63.2 Å². The molecule has 0 aromatic heterocycles. The van der Waals surface area contributed by atoms with Gasteiger partial charge < -0.3 is 15.0 Å². The van der Waals surface area contributed by atoms with Crippen LogP contribution in [0.3, 0.4) is 0 Å². The fraction of sp³-hybridized carbons (Fsp3) is 0.750. The Kier molecular flexibility index (Phi) is 7.63. The van der Waals surface area contributed by atoms with Crippen LogP contribution in [0.1, 0.15) is 0 Å². The molecule has 0 bridgehead atoms. The van der Waals surface area contributed by atoms with E-state index < -0.39 is 9.37 Å². The first-order valence-corrected chi connectivity index (χ1v) is 9.49. The van der Waals surface area contributed by atoms with E-state index in [9.17, 15) is 0 Å². The zero-order valence-electron chi connectivity index (χ0n) is 5.93. The summed E-state index contributed by atoms with van der Waals surface area (Å²) in [5.74, 6) is 0. The average Bonchev–Trinajstić information content (AvgIpc) is 1.19. The van der Waals surface area contributed by atoms with Crippen LogP contribution >= 0.6 is 0 Å². The summed E-state index contributed by atoms with van der Waals surface area (Å²) in [6, 6.07) is 0. The summed E-state index contributed by atoms with van der Waals surface area (Å²) in [5.41, 5.74) is 0. The van der Waals surface area contributed by atoms with E-state index in [0.717, 1.165) is 0 Å². The minimum absolute atomic E-state index is 0.486. The molecule has 0 rings (SSSR count). The maximum absolute atomic E-state index is 8.33. The van der Waals surface area contributed by atoms with Crippen LogP contribution in [0.15, 0.2) is 0 Å². The van der Waals surface area contributed by atoms with Crippen molar-refractivity contribution in [1.29, 1.82) is 0 Å². The molecular formula is C4H9CaO3Si. The standard InChI is InChI=1S/C3H9Si.CH2O3.Ca/c1-4(2)3;2-1(3)4;/h1-3H3;(H2,2,3,4);/q;;+2/p-2. The smallest absolute Gasteiger partial charge is 0.0431 e. The van der Waals surface area contributed by atoms with Crippen molar-refractivity contribution in [2.24, 2.45) is 0 Å². The van der Waals surface area contributed by atoms with Crippen LogP contribution in [-0.2, 0) is 0 Å². The molecule has 0 unspecified atom stereocenters. The maximum Gasteiger partial charge on any atom is -0.0431 e. The van der Waals surface area contributed by atoms with Crippen molar-refractivity contribution in [2.75, 3.05) is 0 Å². The number of rotatable bonds is 0. The molecule has 0 aliphatic rings. The molecule has 3 nitrogen and oxygen atoms in total. The Labute approximate surface area is 78.1 Å². The molecule has 0 atom stereocenters. The van der Waals surface area contributed by atoms with Crippen LogP contribution in [0.2, 0.25) is 19.6 Å². The fourth-order valence-corrected chi connectivity index (χ4v) is 0. The molecular weight excluding hydrogens is 164 g/mol. The summed E-state index contributed by atoms with van der Waals surface area (Å²) < 4.78 is -0.486. The molecule has 9 heavy (non-hydrogen) atoms. The fourth-order valence-electron chi connectivity index (χ4n) is 0. The van der Waals surface area contributed by atoms with E-state index in [2.05, 4.69) is 19.6 Å². The van der Waals surface area contributed by atoms with Gasteiger partial charge in [-0.1, -0.05) is 0 Å². The normalized spacial score (nSPS) is 9.33. The van der Waals surface area contributed by atoms with E-state index in [1.54, 1.807) is 0 Å². The molecule has 0 aromatic carbocycles. The number of carbonyl (C=O) groups excluding carboxylic acids is 1. The van der Waals surface area contributed by atoms with Crippen LogP contribution in [0.4, 0.5) is 4.79 Å². The molecule has 0 aliphatic carbocycles. The van der Waals surface area contributed by atoms with Crippen LogP contribution in [0.5, 0.6) is 0 Å². The molecule has 0 N–H and O–H groups in total. The van der Waals surface area contributed by atoms with E-state index in [1.165, 1.54) is 34.7 Å². The Morgan fingerprint density at radius 2 is 1.33 bits per heavy atom. The summed E-state index contributed by atoms with van der Waals surface area (Å²) >= 11 is 1.53. The van der Waals surface area contributed by atoms with Gasteiger partial charge in [0.1, 0.15) is 0 Å². The molecule has 0 saturated heterocycles. The van der Waals surface area contributed by atoms with Crippen molar-refractivity contribution in [1.82, 2.24) is 0 Å². The van der Waals surface area contributed by atoms with Crippen molar-refractivity contribution in [3.05, 3.63) is 0 Å². The van der Waals surface area contributed by atoms with Crippen molar-refractivity contribution in [2.45, 2.75) is 19.6 Å². The van der Waals surface area contributed by atoms with Gasteiger partial charge in [0.25, 0.3) is 0 Å². The van der Waals surface area contributed by atoms with Gasteiger partial charge in [0.15, 0.2) is 0 Å². The Balaban J connectivity index is 0. The molecule has 0 fully saturated rings. The van der Waals surface area contributed by atoms with Crippen LogP contribution in [0, 0.1) is 0 Å². The van der Waals surface area contributed by atoms with Gasteiger partial charge in [-0.05, 0) is 6.16 Å². The third-order valence-electron chi connectivity index (χ3n) is 0. The van der Waals surface area contributed by atoms with Gasteiger partial charge in [0.2, 0.25) is 0 Å². The van der Waals surface area contributed by atoms with E-state index in [1.807, 2.05) is 0 Å². The summed E-state index contributed by atoms with van der Waals surface area (Å²) in [6.45, 7) is 7.15. The number of hydrogen-bond acceptors (Lipinski definition) is 3. The predicted octanol–water partition coefficient (Wildman–Crippen LogP) is -1.46. The van der Waals surface area contributed by atoms with Gasteiger partial charge in [0.05, 0.1) is 0 Å². The molecule has 5 heteroatoms. The molecule has 0 amide bonds. The van der Waals surface area contributed by atoms with E-state index in [0.29, 0.717) is 0 Å². The van der Waals surface area contributed by atoms with Crippen LogP contribution < -0.4 is 10.2 Å². The summed E-state index contributed by atoms with van der Waals surface area (Å²) in [7, 11) is 0. The minimum atomic E-state index is -2.33. The van der Waals surface area contributed by atoms with Gasteiger partial charge in [-0.3, -0.25) is 0 Å². The van der Waals surface area contributed by atoms with Crippen molar-refractivity contribution in [3.63, 3.8) is 0 Å². The third-order valence-corrected chi connectivity index (χ3v) is 0. The monoisotopic (exact) mass is 173 g/mol. The number of carboxylic acid groups (broad SMARTS) is 2. The quantitative estimate of drug-likeness (QED) is 0.421. The van der Waals surface area contributed by atoms with E-state index in [-0.39, 0.29) is 0 Å². The largest absolute Gasteiger partial charge is 0.652 e. The van der Waals surface area contributed by atoms with Crippen molar-refractivity contribution in [3.8, 4) is 0 Å². The van der Waals surface area contributed by atoms with E-state index >= 15 is 0 Å². The average molecular weight is 173 g/mol. The van der Waals surface area contributed by atoms with Crippen molar-refractivity contribution >= 4 is 44.1 Å². The zero-order chi connectivity index (χ0) is 8.08. The first-order chi connectivity index (χ1) is 3.73. The predicted molar refractivity (Wildman–Crippen MR) is 34.5 cm³/mol. The van der Waals surface area contributed by atoms with Crippen LogP contribution in [-0.4, -0.2) is 44.1 Å². The SMILES string of the molecule is C[Si](C)(C)[Ca+2].O=C([O-])[O-]. The number of carbonyl (C=O) groups is 1. The Bertz CT molecular complexity index is 78.3.